The van der Waals surface area contributed by atoms with Gasteiger partial charge in [-0.2, -0.15) is 0 Å². The van der Waals surface area contributed by atoms with Gasteiger partial charge in [0.2, 0.25) is 5.91 Å². The van der Waals surface area contributed by atoms with Gasteiger partial charge in [-0.25, -0.2) is 8.42 Å². The van der Waals surface area contributed by atoms with Gasteiger partial charge in [0, 0.05) is 22.0 Å². The minimum absolute atomic E-state index is 0.0730. The zero-order chi connectivity index (χ0) is 12.3. The molecule has 0 spiro atoms. The number of rotatable bonds is 4. The molecule has 0 aliphatic heterocycles. The van der Waals surface area contributed by atoms with Gasteiger partial charge in [-0.15, -0.1) is 11.3 Å². The van der Waals surface area contributed by atoms with Crippen molar-refractivity contribution in [3.8, 4) is 0 Å². The lowest BCUT2D eigenvalue weighted by Crippen LogP contribution is -2.24. The quantitative estimate of drug-likeness (QED) is 0.861. The fourth-order valence-electron chi connectivity index (χ4n) is 1.11. The number of thiophene rings is 1. The van der Waals surface area contributed by atoms with E-state index >= 15 is 0 Å². The van der Waals surface area contributed by atoms with Gasteiger partial charge in [0.05, 0.1) is 6.04 Å². The van der Waals surface area contributed by atoms with Gasteiger partial charge < -0.3 is 5.32 Å². The Hall–Kier alpha value is -0.590. The lowest BCUT2D eigenvalue weighted by Gasteiger charge is -2.10. The highest BCUT2D eigenvalue weighted by molar-refractivity contribution is 8.15. The maximum Gasteiger partial charge on any atom is 0.270 e. The Morgan fingerprint density at radius 2 is 2.19 bits per heavy atom. The van der Waals surface area contributed by atoms with Crippen molar-refractivity contribution in [2.45, 2.75) is 30.5 Å². The number of halogens is 1. The summed E-state index contributed by atoms with van der Waals surface area (Å²) in [5.41, 5.74) is 0. The average molecular weight is 282 g/mol. The van der Waals surface area contributed by atoms with Crippen LogP contribution in [0.15, 0.2) is 16.3 Å². The van der Waals surface area contributed by atoms with Crippen LogP contribution in [0, 0.1) is 0 Å². The first kappa shape index (κ1) is 13.5. The second-order valence-corrected chi connectivity index (χ2v) is 7.15. The van der Waals surface area contributed by atoms with Crippen LogP contribution in [0.4, 0.5) is 0 Å². The predicted molar refractivity (Wildman–Crippen MR) is 64.2 cm³/mol. The van der Waals surface area contributed by atoms with Crippen molar-refractivity contribution >= 4 is 37.0 Å². The minimum atomic E-state index is -3.67. The smallest absolute Gasteiger partial charge is 0.270 e. The van der Waals surface area contributed by atoms with E-state index < -0.39 is 9.05 Å². The summed E-state index contributed by atoms with van der Waals surface area (Å²) in [6.07, 6.45) is 0.399. The van der Waals surface area contributed by atoms with E-state index in [4.69, 9.17) is 10.7 Å². The monoisotopic (exact) mass is 281 g/mol. The second-order valence-electron chi connectivity index (χ2n) is 3.24. The SMILES string of the molecule is CCC(=O)NC(C)c1ccc(S(=O)(=O)Cl)s1. The summed E-state index contributed by atoms with van der Waals surface area (Å²) >= 11 is 1.07. The summed E-state index contributed by atoms with van der Waals surface area (Å²) in [6.45, 7) is 3.55. The predicted octanol–water partition coefficient (Wildman–Crippen LogP) is 2.26. The summed E-state index contributed by atoms with van der Waals surface area (Å²) in [5.74, 6) is -0.0730. The van der Waals surface area contributed by atoms with E-state index in [1.165, 1.54) is 6.07 Å². The highest BCUT2D eigenvalue weighted by Gasteiger charge is 2.16. The van der Waals surface area contributed by atoms with Crippen molar-refractivity contribution in [1.29, 1.82) is 0 Å². The first-order chi connectivity index (χ1) is 7.34. The van der Waals surface area contributed by atoms with Gasteiger partial charge in [-0.05, 0) is 19.1 Å². The van der Waals surface area contributed by atoms with Crippen LogP contribution < -0.4 is 5.32 Å². The Labute approximate surface area is 103 Å². The number of carbonyl (C=O) groups excluding carboxylic acids is 1. The Morgan fingerprint density at radius 3 is 2.62 bits per heavy atom. The molecule has 1 aromatic rings. The molecule has 1 rings (SSSR count). The molecule has 1 heterocycles. The summed E-state index contributed by atoms with van der Waals surface area (Å²) in [4.78, 5) is 11.9. The zero-order valence-electron chi connectivity index (χ0n) is 8.86. The van der Waals surface area contributed by atoms with E-state index in [1.807, 2.05) is 0 Å². The van der Waals surface area contributed by atoms with Gasteiger partial charge in [-0.1, -0.05) is 6.92 Å². The summed E-state index contributed by atoms with van der Waals surface area (Å²) < 4.78 is 22.2. The third-order valence-corrected chi connectivity index (χ3v) is 5.33. The third-order valence-electron chi connectivity index (χ3n) is 1.97. The lowest BCUT2D eigenvalue weighted by atomic mass is 10.2. The van der Waals surface area contributed by atoms with Crippen molar-refractivity contribution in [1.82, 2.24) is 5.32 Å². The highest BCUT2D eigenvalue weighted by Crippen LogP contribution is 2.28. The van der Waals surface area contributed by atoms with Crippen molar-refractivity contribution < 1.29 is 13.2 Å². The molecule has 0 fully saturated rings. The molecule has 0 aromatic carbocycles. The maximum absolute atomic E-state index is 11.1. The van der Waals surface area contributed by atoms with Crippen LogP contribution in [-0.4, -0.2) is 14.3 Å². The van der Waals surface area contributed by atoms with Crippen LogP contribution in [-0.2, 0) is 13.8 Å². The average Bonchev–Trinajstić information content (AvgIpc) is 2.65. The fourth-order valence-corrected chi connectivity index (χ4v) is 3.21. The number of carbonyl (C=O) groups is 1. The number of nitrogens with one attached hydrogen (secondary N) is 1. The molecule has 16 heavy (non-hydrogen) atoms. The second kappa shape index (κ2) is 5.16. The van der Waals surface area contributed by atoms with Gasteiger partial charge in [0.15, 0.2) is 0 Å². The molecule has 90 valence electrons. The van der Waals surface area contributed by atoms with Gasteiger partial charge in [0.1, 0.15) is 4.21 Å². The van der Waals surface area contributed by atoms with Crippen LogP contribution in [0.3, 0.4) is 0 Å². The molecule has 1 amide bonds. The molecule has 0 aliphatic rings. The molecular formula is C9H12ClNO3S2. The molecule has 0 radical (unpaired) electrons. The fraction of sp³-hybridized carbons (Fsp3) is 0.444. The molecule has 0 saturated heterocycles. The molecule has 0 aliphatic carbocycles. The molecule has 1 N–H and O–H groups in total. The minimum Gasteiger partial charge on any atom is -0.349 e. The van der Waals surface area contributed by atoms with Gasteiger partial charge in [-0.3, -0.25) is 4.79 Å². The van der Waals surface area contributed by atoms with Crippen LogP contribution >= 0.6 is 22.0 Å². The van der Waals surface area contributed by atoms with E-state index in [0.717, 1.165) is 16.2 Å². The van der Waals surface area contributed by atoms with Gasteiger partial charge in [0.25, 0.3) is 9.05 Å². The van der Waals surface area contributed by atoms with Crippen molar-refractivity contribution in [3.63, 3.8) is 0 Å². The summed E-state index contributed by atoms with van der Waals surface area (Å²) in [6, 6.07) is 2.89. The molecule has 1 unspecified atom stereocenters. The number of hydrogen-bond acceptors (Lipinski definition) is 4. The zero-order valence-corrected chi connectivity index (χ0v) is 11.2. The number of amides is 1. The van der Waals surface area contributed by atoms with E-state index in [-0.39, 0.29) is 16.2 Å². The Bertz CT molecular complexity index is 481. The Morgan fingerprint density at radius 1 is 1.56 bits per heavy atom. The Balaban J connectivity index is 2.82. The highest BCUT2D eigenvalue weighted by atomic mass is 35.7. The van der Waals surface area contributed by atoms with Crippen LogP contribution in [0.2, 0.25) is 0 Å². The van der Waals surface area contributed by atoms with Crippen molar-refractivity contribution in [2.24, 2.45) is 0 Å². The summed E-state index contributed by atoms with van der Waals surface area (Å²) in [5, 5.41) is 2.74. The summed E-state index contributed by atoms with van der Waals surface area (Å²) in [7, 11) is 1.53. The van der Waals surface area contributed by atoms with Gasteiger partial charge >= 0.3 is 0 Å². The molecule has 4 nitrogen and oxygen atoms in total. The first-order valence-corrected chi connectivity index (χ1v) is 7.81. The van der Waals surface area contributed by atoms with Crippen molar-refractivity contribution in [2.75, 3.05) is 0 Å². The van der Waals surface area contributed by atoms with Crippen molar-refractivity contribution in [3.05, 3.63) is 17.0 Å². The maximum atomic E-state index is 11.1. The van der Waals surface area contributed by atoms with E-state index in [2.05, 4.69) is 5.32 Å². The molecular weight excluding hydrogens is 270 g/mol. The first-order valence-electron chi connectivity index (χ1n) is 4.68. The molecule has 0 bridgehead atoms. The van der Waals surface area contributed by atoms with E-state index in [9.17, 15) is 13.2 Å². The lowest BCUT2D eigenvalue weighted by molar-refractivity contribution is -0.121. The normalized spacial score (nSPS) is 13.4. The molecule has 0 saturated carbocycles. The Kier molecular flexibility index (Phi) is 4.35. The molecule has 1 aromatic heterocycles. The standard InChI is InChI=1S/C9H12ClNO3S2/c1-3-8(12)11-6(2)7-4-5-9(15-7)16(10,13)14/h4-6H,3H2,1-2H3,(H,11,12). The third kappa shape index (κ3) is 3.47. The number of hydrogen-bond donors (Lipinski definition) is 1. The van der Waals surface area contributed by atoms with Crippen LogP contribution in [0.5, 0.6) is 0 Å². The molecule has 7 heteroatoms. The van der Waals surface area contributed by atoms with Crippen LogP contribution in [0.25, 0.3) is 0 Å². The largest absolute Gasteiger partial charge is 0.349 e. The topological polar surface area (TPSA) is 63.2 Å². The van der Waals surface area contributed by atoms with E-state index in [1.54, 1.807) is 19.9 Å². The molecule has 1 atom stereocenters. The van der Waals surface area contributed by atoms with E-state index in [0.29, 0.717) is 6.42 Å². The van der Waals surface area contributed by atoms with Crippen LogP contribution in [0.1, 0.15) is 31.2 Å².